The Morgan fingerprint density at radius 2 is 1.29 bits per heavy atom. The van der Waals surface area contributed by atoms with Crippen molar-refractivity contribution in [3.63, 3.8) is 0 Å². The molecular weight excluding hydrogens is 610 g/mol. The van der Waals surface area contributed by atoms with Crippen LogP contribution in [0.3, 0.4) is 0 Å². The number of rotatable bonds is 18. The number of ether oxygens (including phenoxy) is 6. The van der Waals surface area contributed by atoms with Crippen LogP contribution in [0.2, 0.25) is 0 Å². The third kappa shape index (κ3) is 15.1. The number of hydrogen-bond donors (Lipinski definition) is 0. The third-order valence-electron chi connectivity index (χ3n) is 7.62. The molecule has 0 fully saturated rings. The third-order valence-corrected chi connectivity index (χ3v) is 7.62. The van der Waals surface area contributed by atoms with Crippen LogP contribution in [0.25, 0.3) is 0 Å². The van der Waals surface area contributed by atoms with Crippen molar-refractivity contribution in [2.75, 3.05) is 60.0 Å². The Labute approximate surface area is 287 Å². The first-order chi connectivity index (χ1) is 23.0. The number of aryl methyl sites for hydroxylation is 2. The summed E-state index contributed by atoms with van der Waals surface area (Å²) in [5, 5.41) is 0. The second-order valence-corrected chi connectivity index (χ2v) is 12.5. The van der Waals surface area contributed by atoms with E-state index in [1.807, 2.05) is 68.4 Å². The summed E-state index contributed by atoms with van der Waals surface area (Å²) in [6.07, 6.45) is 2.82. The molecule has 0 radical (unpaired) electrons. The summed E-state index contributed by atoms with van der Waals surface area (Å²) in [7, 11) is 1.62. The minimum absolute atomic E-state index is 0.0711. The zero-order chi connectivity index (χ0) is 35.4. The van der Waals surface area contributed by atoms with E-state index in [4.69, 9.17) is 28.4 Å². The van der Waals surface area contributed by atoms with Crippen LogP contribution in [-0.2, 0) is 40.4 Å². The van der Waals surface area contributed by atoms with Crippen LogP contribution in [0, 0.1) is 13.8 Å². The van der Waals surface area contributed by atoms with Gasteiger partial charge in [0.1, 0.15) is 13.2 Å². The van der Waals surface area contributed by atoms with E-state index in [1.54, 1.807) is 13.3 Å². The van der Waals surface area contributed by atoms with Crippen molar-refractivity contribution < 1.29 is 38.0 Å². The van der Waals surface area contributed by atoms with Gasteiger partial charge in [-0.05, 0) is 90.3 Å². The molecule has 0 saturated heterocycles. The van der Waals surface area contributed by atoms with Gasteiger partial charge >= 0.3 is 11.9 Å². The topological polar surface area (TPSA) is 102 Å². The van der Waals surface area contributed by atoms with Crippen molar-refractivity contribution >= 4 is 11.9 Å². The molecule has 0 aliphatic heterocycles. The van der Waals surface area contributed by atoms with Gasteiger partial charge in [0.25, 0.3) is 0 Å². The molecule has 0 bridgehead atoms. The Balaban J connectivity index is 0.000000345. The molecule has 3 rings (SSSR count). The molecule has 0 aliphatic carbocycles. The number of carbonyl (C=O) groups excluding carboxylic acids is 2. The van der Waals surface area contributed by atoms with Gasteiger partial charge in [-0.3, -0.25) is 4.98 Å². The Morgan fingerprint density at radius 1 is 0.729 bits per heavy atom. The van der Waals surface area contributed by atoms with Crippen LogP contribution in [0.4, 0.5) is 0 Å². The van der Waals surface area contributed by atoms with Gasteiger partial charge in [0.05, 0.1) is 63.1 Å². The van der Waals surface area contributed by atoms with Crippen LogP contribution in [-0.4, -0.2) is 76.9 Å². The van der Waals surface area contributed by atoms with Gasteiger partial charge < -0.3 is 28.4 Å². The highest BCUT2D eigenvalue weighted by Crippen LogP contribution is 2.26. The fourth-order valence-electron chi connectivity index (χ4n) is 4.89. The van der Waals surface area contributed by atoms with Gasteiger partial charge in [0.2, 0.25) is 0 Å². The van der Waals surface area contributed by atoms with Crippen molar-refractivity contribution in [1.82, 2.24) is 4.98 Å². The second kappa shape index (κ2) is 22.1. The van der Waals surface area contributed by atoms with Crippen LogP contribution in [0.1, 0.15) is 95.6 Å². The highest BCUT2D eigenvalue weighted by Gasteiger charge is 2.18. The molecule has 2 aromatic carbocycles. The Morgan fingerprint density at radius 3 is 1.81 bits per heavy atom. The number of aromatic nitrogens is 1. The Kier molecular flexibility index (Phi) is 18.7. The first-order valence-electron chi connectivity index (χ1n) is 16.7. The maximum Gasteiger partial charge on any atom is 0.338 e. The highest BCUT2D eigenvalue weighted by atomic mass is 16.6. The molecule has 0 amide bonds. The molecule has 1 atom stereocenters. The van der Waals surface area contributed by atoms with E-state index in [9.17, 15) is 9.59 Å². The summed E-state index contributed by atoms with van der Waals surface area (Å²) < 4.78 is 31.5. The first-order valence-corrected chi connectivity index (χ1v) is 16.7. The maximum atomic E-state index is 12.1. The van der Waals surface area contributed by atoms with Gasteiger partial charge in [-0.15, -0.1) is 0 Å². The number of hydrogen-bond acceptors (Lipinski definition) is 9. The van der Waals surface area contributed by atoms with Gasteiger partial charge in [-0.2, -0.15) is 0 Å². The fraction of sp³-hybridized carbons (Fsp3) is 0.513. The lowest BCUT2D eigenvalue weighted by atomic mass is 9.83. The summed E-state index contributed by atoms with van der Waals surface area (Å²) in [5.74, 6) is -0.138. The maximum absolute atomic E-state index is 12.1. The quantitative estimate of drug-likeness (QED) is 0.102. The monoisotopic (exact) mass is 665 g/mol. The molecule has 48 heavy (non-hydrogen) atoms. The average molecular weight is 666 g/mol. The normalized spacial score (nSPS) is 11.8. The molecule has 1 unspecified atom stereocenters. The number of pyridine rings is 1. The van der Waals surface area contributed by atoms with Crippen LogP contribution in [0.5, 0.6) is 0 Å². The standard InChI is InChI=1S/C22H29NO4.C17H26O4/c1-4-17(2)21-9-8-19(15-18(21)3)22(24)27-14-13-25-11-12-26-16-20-7-5-6-10-23-20;1-13-12-14(6-7-15(13)17(2,3)4)16(18)21-11-10-20-9-8-19-5/h5-10,15,17H,4,11-14,16H2,1-3H3;6-7,12H,8-11H2,1-5H3. The van der Waals surface area contributed by atoms with Crippen LogP contribution in [0.15, 0.2) is 60.8 Å². The molecule has 0 saturated carbocycles. The molecule has 1 heterocycles. The lowest BCUT2D eigenvalue weighted by Gasteiger charge is -2.22. The Bertz CT molecular complexity index is 1370. The van der Waals surface area contributed by atoms with E-state index in [0.717, 1.165) is 23.2 Å². The zero-order valence-electron chi connectivity index (χ0n) is 30.1. The molecule has 1 aromatic heterocycles. The average Bonchev–Trinajstić information content (AvgIpc) is 3.07. The molecule has 0 N–H and O–H groups in total. The van der Waals surface area contributed by atoms with Crippen LogP contribution < -0.4 is 0 Å². The van der Waals surface area contributed by atoms with E-state index >= 15 is 0 Å². The fourth-order valence-corrected chi connectivity index (χ4v) is 4.89. The summed E-state index contributed by atoms with van der Waals surface area (Å²) >= 11 is 0. The molecule has 0 aliphatic rings. The lowest BCUT2D eigenvalue weighted by Crippen LogP contribution is -2.15. The van der Waals surface area contributed by atoms with E-state index < -0.39 is 0 Å². The van der Waals surface area contributed by atoms with Crippen molar-refractivity contribution in [3.8, 4) is 0 Å². The SMILES string of the molecule is CCC(C)c1ccc(C(=O)OCCOCCOCc2ccccn2)cc1C.COCCOCCOC(=O)c1ccc(C(C)(C)C)c(C)c1. The van der Waals surface area contributed by atoms with Gasteiger partial charge in [-0.25, -0.2) is 9.59 Å². The largest absolute Gasteiger partial charge is 0.460 e. The molecule has 9 heteroatoms. The minimum atomic E-state index is -0.316. The van der Waals surface area contributed by atoms with E-state index in [2.05, 4.69) is 39.6 Å². The van der Waals surface area contributed by atoms with Crippen molar-refractivity contribution in [3.05, 3.63) is 99.9 Å². The lowest BCUT2D eigenvalue weighted by molar-refractivity contribution is 0.0112. The number of methoxy groups -OCH3 is 1. The number of nitrogens with zero attached hydrogens (tertiary/aromatic N) is 1. The molecule has 264 valence electrons. The molecule has 9 nitrogen and oxygen atoms in total. The molecule has 0 spiro atoms. The number of carbonyl (C=O) groups is 2. The molecular formula is C39H55NO8. The predicted octanol–water partition coefficient (Wildman–Crippen LogP) is 7.41. The highest BCUT2D eigenvalue weighted by molar-refractivity contribution is 5.90. The van der Waals surface area contributed by atoms with Crippen molar-refractivity contribution in [2.24, 2.45) is 0 Å². The smallest absolute Gasteiger partial charge is 0.338 e. The van der Waals surface area contributed by atoms with E-state index in [0.29, 0.717) is 63.3 Å². The van der Waals surface area contributed by atoms with Crippen LogP contribution >= 0.6 is 0 Å². The second-order valence-electron chi connectivity index (χ2n) is 12.5. The van der Waals surface area contributed by atoms with E-state index in [-0.39, 0.29) is 30.6 Å². The molecule has 3 aromatic rings. The summed E-state index contributed by atoms with van der Waals surface area (Å²) in [6, 6.07) is 17.2. The predicted molar refractivity (Wildman–Crippen MR) is 188 cm³/mol. The van der Waals surface area contributed by atoms with Crippen molar-refractivity contribution in [1.29, 1.82) is 0 Å². The zero-order valence-corrected chi connectivity index (χ0v) is 30.1. The summed E-state index contributed by atoms with van der Waals surface area (Å²) in [4.78, 5) is 28.3. The van der Waals surface area contributed by atoms with Crippen molar-refractivity contribution in [2.45, 2.75) is 72.8 Å². The first kappa shape index (κ1) is 40.5. The minimum Gasteiger partial charge on any atom is -0.460 e. The number of esters is 2. The number of benzene rings is 2. The van der Waals surface area contributed by atoms with Gasteiger partial charge in [0, 0.05) is 13.3 Å². The van der Waals surface area contributed by atoms with Gasteiger partial charge in [0.15, 0.2) is 0 Å². The summed E-state index contributed by atoms with van der Waals surface area (Å²) in [5.41, 5.74) is 6.87. The summed E-state index contributed by atoms with van der Waals surface area (Å²) in [6.45, 7) is 18.5. The van der Waals surface area contributed by atoms with E-state index in [1.165, 1.54) is 11.1 Å². The van der Waals surface area contributed by atoms with Gasteiger partial charge in [-0.1, -0.05) is 52.8 Å². The Hall–Kier alpha value is -3.63.